The number of aryl methyl sites for hydroxylation is 1. The first kappa shape index (κ1) is 16.4. The molecule has 126 valence electrons. The molecule has 0 unspecified atom stereocenters. The summed E-state index contributed by atoms with van der Waals surface area (Å²) in [7, 11) is 0. The predicted octanol–water partition coefficient (Wildman–Crippen LogP) is 4.22. The van der Waals surface area contributed by atoms with E-state index >= 15 is 0 Å². The number of hydrogen-bond donors (Lipinski definition) is 3. The lowest BCUT2D eigenvalue weighted by Crippen LogP contribution is -2.04. The Morgan fingerprint density at radius 3 is 2.24 bits per heavy atom. The van der Waals surface area contributed by atoms with E-state index in [0.717, 1.165) is 12.1 Å². The van der Waals surface area contributed by atoms with Gasteiger partial charge in [0, 0.05) is 11.8 Å². The molecule has 0 atom stereocenters. The minimum absolute atomic E-state index is 0.187. The number of nitrogens with one attached hydrogen (secondary N) is 2. The fourth-order valence-electron chi connectivity index (χ4n) is 2.50. The van der Waals surface area contributed by atoms with E-state index in [1.165, 1.54) is 11.9 Å². The summed E-state index contributed by atoms with van der Waals surface area (Å²) in [6.07, 6.45) is 2.34. The van der Waals surface area contributed by atoms with Gasteiger partial charge in [0.15, 0.2) is 0 Å². The van der Waals surface area contributed by atoms with Crippen LogP contribution >= 0.6 is 0 Å². The standard InChI is InChI=1S/C19H18N4O2/c1-2-13-7-3-5-9-15(13)22-17-11-18(21-12-20-17)23-16-10-6-4-8-14(16)19(24)25/h3-12H,2H2,1H3,(H,24,25)(H2,20,21,22,23). The number of aromatic nitrogens is 2. The van der Waals surface area contributed by atoms with Gasteiger partial charge < -0.3 is 15.7 Å². The third kappa shape index (κ3) is 3.92. The first-order valence-corrected chi connectivity index (χ1v) is 7.93. The van der Waals surface area contributed by atoms with Gasteiger partial charge in [-0.15, -0.1) is 0 Å². The average molecular weight is 334 g/mol. The molecule has 6 heteroatoms. The fourth-order valence-corrected chi connectivity index (χ4v) is 2.50. The monoisotopic (exact) mass is 334 g/mol. The van der Waals surface area contributed by atoms with E-state index < -0.39 is 5.97 Å². The third-order valence-corrected chi connectivity index (χ3v) is 3.75. The van der Waals surface area contributed by atoms with E-state index in [1.54, 1.807) is 30.3 Å². The summed E-state index contributed by atoms with van der Waals surface area (Å²) in [5, 5.41) is 15.6. The summed E-state index contributed by atoms with van der Waals surface area (Å²) in [6, 6.07) is 16.5. The van der Waals surface area contributed by atoms with E-state index in [9.17, 15) is 9.90 Å². The molecule has 0 amide bonds. The molecular formula is C19H18N4O2. The van der Waals surface area contributed by atoms with Gasteiger partial charge in [0.1, 0.15) is 18.0 Å². The molecule has 0 radical (unpaired) electrons. The van der Waals surface area contributed by atoms with E-state index in [2.05, 4.69) is 33.6 Å². The summed E-state index contributed by atoms with van der Waals surface area (Å²) < 4.78 is 0. The van der Waals surface area contributed by atoms with Gasteiger partial charge in [-0.1, -0.05) is 37.3 Å². The van der Waals surface area contributed by atoms with Crippen LogP contribution in [-0.4, -0.2) is 21.0 Å². The number of para-hydroxylation sites is 2. The zero-order chi connectivity index (χ0) is 17.6. The van der Waals surface area contributed by atoms with Crippen molar-refractivity contribution in [3.8, 4) is 0 Å². The normalized spacial score (nSPS) is 10.3. The van der Waals surface area contributed by atoms with Gasteiger partial charge in [0.05, 0.1) is 11.3 Å². The maximum Gasteiger partial charge on any atom is 0.337 e. The zero-order valence-corrected chi connectivity index (χ0v) is 13.7. The number of aromatic carboxylic acids is 1. The van der Waals surface area contributed by atoms with Crippen LogP contribution in [0.15, 0.2) is 60.9 Å². The van der Waals surface area contributed by atoms with Gasteiger partial charge in [-0.25, -0.2) is 14.8 Å². The first-order chi connectivity index (χ1) is 12.2. The van der Waals surface area contributed by atoms with Crippen LogP contribution in [0.5, 0.6) is 0 Å². The molecule has 0 bridgehead atoms. The molecule has 0 saturated heterocycles. The van der Waals surface area contributed by atoms with E-state index in [1.807, 2.05) is 18.2 Å². The number of hydrogen-bond acceptors (Lipinski definition) is 5. The summed E-state index contributed by atoms with van der Waals surface area (Å²) in [4.78, 5) is 19.7. The molecule has 1 aromatic heterocycles. The number of carboxylic acid groups (broad SMARTS) is 1. The van der Waals surface area contributed by atoms with Gasteiger partial charge in [0.2, 0.25) is 0 Å². The molecule has 3 aromatic rings. The van der Waals surface area contributed by atoms with Crippen molar-refractivity contribution in [3.05, 3.63) is 72.1 Å². The highest BCUT2D eigenvalue weighted by molar-refractivity contribution is 5.95. The van der Waals surface area contributed by atoms with E-state index in [-0.39, 0.29) is 5.56 Å². The van der Waals surface area contributed by atoms with Gasteiger partial charge in [-0.2, -0.15) is 0 Å². The van der Waals surface area contributed by atoms with Crippen LogP contribution in [0.4, 0.5) is 23.0 Å². The molecule has 0 saturated carbocycles. The Kier molecular flexibility index (Phi) is 4.89. The Morgan fingerprint density at radius 1 is 0.960 bits per heavy atom. The van der Waals surface area contributed by atoms with Crippen LogP contribution in [-0.2, 0) is 6.42 Å². The second kappa shape index (κ2) is 7.44. The lowest BCUT2D eigenvalue weighted by atomic mass is 10.1. The summed E-state index contributed by atoms with van der Waals surface area (Å²) in [6.45, 7) is 2.09. The number of benzene rings is 2. The first-order valence-electron chi connectivity index (χ1n) is 7.93. The molecule has 25 heavy (non-hydrogen) atoms. The van der Waals surface area contributed by atoms with E-state index in [0.29, 0.717) is 17.3 Å². The fraction of sp³-hybridized carbons (Fsp3) is 0.105. The molecular weight excluding hydrogens is 316 g/mol. The second-order valence-corrected chi connectivity index (χ2v) is 5.40. The van der Waals surface area contributed by atoms with Gasteiger partial charge in [-0.3, -0.25) is 0 Å². The number of carboxylic acids is 1. The van der Waals surface area contributed by atoms with Crippen molar-refractivity contribution in [2.24, 2.45) is 0 Å². The molecule has 6 nitrogen and oxygen atoms in total. The van der Waals surface area contributed by atoms with Crippen LogP contribution in [0.2, 0.25) is 0 Å². The smallest absolute Gasteiger partial charge is 0.337 e. The Balaban J connectivity index is 1.84. The number of anilines is 4. The second-order valence-electron chi connectivity index (χ2n) is 5.40. The third-order valence-electron chi connectivity index (χ3n) is 3.75. The quantitative estimate of drug-likeness (QED) is 0.625. The van der Waals surface area contributed by atoms with Crippen molar-refractivity contribution in [2.75, 3.05) is 10.6 Å². The van der Waals surface area contributed by atoms with Crippen molar-refractivity contribution < 1.29 is 9.90 Å². The summed E-state index contributed by atoms with van der Waals surface area (Å²) >= 11 is 0. The Labute approximate surface area is 145 Å². The number of carbonyl (C=O) groups is 1. The molecule has 0 spiro atoms. The molecule has 0 aliphatic heterocycles. The van der Waals surface area contributed by atoms with Gasteiger partial charge in [-0.05, 0) is 30.2 Å². The molecule has 0 aliphatic rings. The van der Waals surface area contributed by atoms with Crippen LogP contribution < -0.4 is 10.6 Å². The van der Waals surface area contributed by atoms with E-state index in [4.69, 9.17) is 0 Å². The Morgan fingerprint density at radius 2 is 1.56 bits per heavy atom. The largest absolute Gasteiger partial charge is 0.478 e. The predicted molar refractivity (Wildman–Crippen MR) is 97.8 cm³/mol. The van der Waals surface area contributed by atoms with Crippen LogP contribution in [0, 0.1) is 0 Å². The lowest BCUT2D eigenvalue weighted by Gasteiger charge is -2.12. The van der Waals surface area contributed by atoms with Gasteiger partial charge >= 0.3 is 5.97 Å². The zero-order valence-electron chi connectivity index (χ0n) is 13.7. The Hall–Kier alpha value is -3.41. The molecule has 0 aliphatic carbocycles. The molecule has 3 rings (SSSR count). The van der Waals surface area contributed by atoms with Crippen molar-refractivity contribution in [1.29, 1.82) is 0 Å². The van der Waals surface area contributed by atoms with Crippen LogP contribution in [0.25, 0.3) is 0 Å². The number of rotatable bonds is 6. The average Bonchev–Trinajstić information content (AvgIpc) is 2.63. The molecule has 0 fully saturated rings. The maximum atomic E-state index is 11.3. The SMILES string of the molecule is CCc1ccccc1Nc1cc(Nc2ccccc2C(=O)O)ncn1. The van der Waals surface area contributed by atoms with Crippen molar-refractivity contribution in [3.63, 3.8) is 0 Å². The highest BCUT2D eigenvalue weighted by Crippen LogP contribution is 2.23. The van der Waals surface area contributed by atoms with Crippen molar-refractivity contribution in [2.45, 2.75) is 13.3 Å². The number of nitrogens with zero attached hydrogens (tertiary/aromatic N) is 2. The summed E-state index contributed by atoms with van der Waals surface area (Å²) in [5.41, 5.74) is 2.84. The Bertz CT molecular complexity index is 896. The highest BCUT2D eigenvalue weighted by atomic mass is 16.4. The highest BCUT2D eigenvalue weighted by Gasteiger charge is 2.10. The minimum Gasteiger partial charge on any atom is -0.478 e. The minimum atomic E-state index is -0.993. The maximum absolute atomic E-state index is 11.3. The molecule has 2 aromatic carbocycles. The van der Waals surface area contributed by atoms with Crippen molar-refractivity contribution >= 4 is 29.0 Å². The topological polar surface area (TPSA) is 87.1 Å². The summed E-state index contributed by atoms with van der Waals surface area (Å²) in [5.74, 6) is 0.152. The van der Waals surface area contributed by atoms with Gasteiger partial charge in [0.25, 0.3) is 0 Å². The molecule has 1 heterocycles. The lowest BCUT2D eigenvalue weighted by molar-refractivity contribution is 0.0698. The van der Waals surface area contributed by atoms with Crippen LogP contribution in [0.3, 0.4) is 0 Å². The molecule has 3 N–H and O–H groups in total. The van der Waals surface area contributed by atoms with Crippen LogP contribution in [0.1, 0.15) is 22.8 Å². The van der Waals surface area contributed by atoms with Crippen molar-refractivity contribution in [1.82, 2.24) is 9.97 Å².